The molecular formula is C10H12N2O6S. The van der Waals surface area contributed by atoms with Crippen molar-refractivity contribution < 1.29 is 22.9 Å². The van der Waals surface area contributed by atoms with E-state index in [2.05, 4.69) is 0 Å². The number of nitrogens with zero attached hydrogens (tertiary/aromatic N) is 1. The van der Waals surface area contributed by atoms with Crippen LogP contribution in [-0.2, 0) is 14.8 Å². The molecule has 19 heavy (non-hydrogen) atoms. The predicted molar refractivity (Wildman–Crippen MR) is 65.2 cm³/mol. The largest absolute Gasteiger partial charge is 0.462 e. The van der Waals surface area contributed by atoms with Gasteiger partial charge < -0.3 is 4.74 Å². The zero-order valence-corrected chi connectivity index (χ0v) is 11.1. The minimum Gasteiger partial charge on any atom is -0.462 e. The first-order chi connectivity index (χ1) is 8.68. The second-order valence-corrected chi connectivity index (χ2v) is 5.17. The highest BCUT2D eigenvalue weighted by Gasteiger charge is 2.24. The van der Waals surface area contributed by atoms with E-state index < -0.39 is 31.5 Å². The van der Waals surface area contributed by atoms with E-state index in [0.29, 0.717) is 0 Å². The number of ether oxygens (including phenoxy) is 1. The number of rotatable bonds is 4. The van der Waals surface area contributed by atoms with Crippen molar-refractivity contribution in [1.29, 1.82) is 0 Å². The monoisotopic (exact) mass is 288 g/mol. The molecule has 0 atom stereocenters. The molecule has 0 amide bonds. The van der Waals surface area contributed by atoms with E-state index in [-0.39, 0.29) is 17.7 Å². The van der Waals surface area contributed by atoms with Gasteiger partial charge in [0.25, 0.3) is 5.69 Å². The van der Waals surface area contributed by atoms with Crippen molar-refractivity contribution in [1.82, 2.24) is 0 Å². The number of nitro groups is 1. The topological polar surface area (TPSA) is 130 Å². The van der Waals surface area contributed by atoms with Crippen LogP contribution in [0.5, 0.6) is 0 Å². The summed E-state index contributed by atoms with van der Waals surface area (Å²) in [5, 5.41) is 15.7. The number of non-ortho nitro benzene ring substituents is 1. The average molecular weight is 288 g/mol. The number of primary sulfonamides is 1. The van der Waals surface area contributed by atoms with Crippen LogP contribution in [0.3, 0.4) is 0 Å². The van der Waals surface area contributed by atoms with Crippen LogP contribution in [0.15, 0.2) is 17.0 Å². The Balaban J connectivity index is 3.60. The molecule has 2 N–H and O–H groups in total. The second-order valence-electron chi connectivity index (χ2n) is 3.64. The second kappa shape index (κ2) is 5.33. The Morgan fingerprint density at radius 3 is 2.47 bits per heavy atom. The summed E-state index contributed by atoms with van der Waals surface area (Å²) < 4.78 is 27.4. The number of nitrogens with two attached hydrogens (primary N) is 1. The molecule has 0 aromatic heterocycles. The van der Waals surface area contributed by atoms with Crippen molar-refractivity contribution >= 4 is 21.7 Å². The molecule has 104 valence electrons. The van der Waals surface area contributed by atoms with Crippen molar-refractivity contribution in [2.24, 2.45) is 5.14 Å². The van der Waals surface area contributed by atoms with E-state index in [1.807, 2.05) is 0 Å². The maximum Gasteiger partial charge on any atom is 0.338 e. The molecular weight excluding hydrogens is 276 g/mol. The molecule has 0 fully saturated rings. The highest BCUT2D eigenvalue weighted by atomic mass is 32.2. The number of sulfonamides is 1. The van der Waals surface area contributed by atoms with Gasteiger partial charge in [0.2, 0.25) is 10.0 Å². The summed E-state index contributed by atoms with van der Waals surface area (Å²) in [6.07, 6.45) is 0. The van der Waals surface area contributed by atoms with Crippen LogP contribution >= 0.6 is 0 Å². The lowest BCUT2D eigenvalue weighted by molar-refractivity contribution is -0.385. The van der Waals surface area contributed by atoms with Crippen LogP contribution < -0.4 is 5.14 Å². The zero-order chi connectivity index (χ0) is 14.8. The van der Waals surface area contributed by atoms with Gasteiger partial charge >= 0.3 is 5.97 Å². The van der Waals surface area contributed by atoms with E-state index in [1.165, 1.54) is 6.92 Å². The van der Waals surface area contributed by atoms with Crippen LogP contribution in [0.1, 0.15) is 22.8 Å². The van der Waals surface area contributed by atoms with Gasteiger partial charge in [0.05, 0.1) is 22.0 Å². The first-order valence-electron chi connectivity index (χ1n) is 5.17. The minimum atomic E-state index is -4.17. The van der Waals surface area contributed by atoms with Gasteiger partial charge in [0, 0.05) is 12.1 Å². The molecule has 1 aromatic carbocycles. The average Bonchev–Trinajstić information content (AvgIpc) is 2.27. The fourth-order valence-corrected chi connectivity index (χ4v) is 2.32. The smallest absolute Gasteiger partial charge is 0.338 e. The van der Waals surface area contributed by atoms with Crippen molar-refractivity contribution in [2.45, 2.75) is 18.7 Å². The lowest BCUT2D eigenvalue weighted by Gasteiger charge is -2.09. The lowest BCUT2D eigenvalue weighted by Crippen LogP contribution is -2.17. The first-order valence-corrected chi connectivity index (χ1v) is 6.72. The van der Waals surface area contributed by atoms with Gasteiger partial charge in [-0.25, -0.2) is 18.4 Å². The van der Waals surface area contributed by atoms with Crippen LogP contribution in [0, 0.1) is 17.0 Å². The Hall–Kier alpha value is -2.00. The molecule has 0 saturated heterocycles. The highest BCUT2D eigenvalue weighted by Crippen LogP contribution is 2.25. The minimum absolute atomic E-state index is 0.0200. The molecule has 0 saturated carbocycles. The lowest BCUT2D eigenvalue weighted by atomic mass is 10.1. The molecule has 1 aromatic rings. The van der Waals surface area contributed by atoms with Crippen molar-refractivity contribution in [2.75, 3.05) is 6.61 Å². The van der Waals surface area contributed by atoms with Crippen molar-refractivity contribution in [3.05, 3.63) is 33.4 Å². The van der Waals surface area contributed by atoms with Gasteiger partial charge in [-0.1, -0.05) is 0 Å². The number of carbonyl (C=O) groups excluding carboxylic acids is 1. The molecule has 9 heteroatoms. The number of esters is 1. The van der Waals surface area contributed by atoms with Crippen molar-refractivity contribution in [3.8, 4) is 0 Å². The van der Waals surface area contributed by atoms with Gasteiger partial charge in [-0.2, -0.15) is 0 Å². The van der Waals surface area contributed by atoms with Crippen LogP contribution in [0.25, 0.3) is 0 Å². The summed E-state index contributed by atoms with van der Waals surface area (Å²) in [6.45, 7) is 2.95. The number of nitro benzene ring substituents is 1. The van der Waals surface area contributed by atoms with Crippen LogP contribution in [-0.4, -0.2) is 25.9 Å². The van der Waals surface area contributed by atoms with Crippen LogP contribution in [0.4, 0.5) is 5.69 Å². The number of hydrogen-bond donors (Lipinski definition) is 1. The Morgan fingerprint density at radius 1 is 1.47 bits per heavy atom. The molecule has 0 unspecified atom stereocenters. The Labute approximate surface area is 109 Å². The molecule has 0 heterocycles. The van der Waals surface area contributed by atoms with Crippen LogP contribution in [0.2, 0.25) is 0 Å². The fourth-order valence-electron chi connectivity index (χ4n) is 1.49. The molecule has 0 spiro atoms. The standard InChI is InChI=1S/C10H12N2O6S/c1-3-18-10(13)8-4-7(12(14)15)5-9(6(8)2)19(11,16)17/h4-5H,3H2,1-2H3,(H2,11,16,17). The Bertz CT molecular complexity index is 638. The molecule has 0 aliphatic rings. The number of carbonyl (C=O) groups is 1. The van der Waals surface area contributed by atoms with Gasteiger partial charge in [-0.05, 0) is 19.4 Å². The van der Waals surface area contributed by atoms with Gasteiger partial charge in [-0.3, -0.25) is 10.1 Å². The molecule has 0 bridgehead atoms. The number of hydrogen-bond acceptors (Lipinski definition) is 6. The molecule has 0 radical (unpaired) electrons. The SMILES string of the molecule is CCOC(=O)c1cc([N+](=O)[O-])cc(S(N)(=O)=O)c1C. The summed E-state index contributed by atoms with van der Waals surface area (Å²) >= 11 is 0. The third-order valence-electron chi connectivity index (χ3n) is 2.36. The molecule has 1 rings (SSSR count). The highest BCUT2D eigenvalue weighted by molar-refractivity contribution is 7.89. The Morgan fingerprint density at radius 2 is 2.05 bits per heavy atom. The maximum absolute atomic E-state index is 11.6. The summed E-state index contributed by atoms with van der Waals surface area (Å²) in [7, 11) is -4.17. The Kier molecular flexibility index (Phi) is 4.22. The predicted octanol–water partition coefficient (Wildman–Crippen LogP) is 0.727. The number of benzene rings is 1. The quantitative estimate of drug-likeness (QED) is 0.493. The van der Waals surface area contributed by atoms with Gasteiger partial charge in [-0.15, -0.1) is 0 Å². The van der Waals surface area contributed by atoms with E-state index in [1.54, 1.807) is 6.92 Å². The van der Waals surface area contributed by atoms with E-state index in [4.69, 9.17) is 9.88 Å². The third-order valence-corrected chi connectivity index (χ3v) is 3.39. The zero-order valence-electron chi connectivity index (χ0n) is 10.2. The normalized spacial score (nSPS) is 11.1. The maximum atomic E-state index is 11.6. The fraction of sp³-hybridized carbons (Fsp3) is 0.300. The van der Waals surface area contributed by atoms with Gasteiger partial charge in [0.1, 0.15) is 0 Å². The van der Waals surface area contributed by atoms with E-state index in [9.17, 15) is 23.3 Å². The van der Waals surface area contributed by atoms with Gasteiger partial charge in [0.15, 0.2) is 0 Å². The van der Waals surface area contributed by atoms with E-state index in [0.717, 1.165) is 12.1 Å². The summed E-state index contributed by atoms with van der Waals surface area (Å²) in [5.41, 5.74) is -0.718. The molecule has 0 aliphatic heterocycles. The van der Waals surface area contributed by atoms with Crippen molar-refractivity contribution in [3.63, 3.8) is 0 Å². The van der Waals surface area contributed by atoms with E-state index >= 15 is 0 Å². The summed E-state index contributed by atoms with van der Waals surface area (Å²) in [4.78, 5) is 21.1. The third kappa shape index (κ3) is 3.26. The molecule has 8 nitrogen and oxygen atoms in total. The summed E-state index contributed by atoms with van der Waals surface area (Å²) in [5.74, 6) is -0.839. The first kappa shape index (κ1) is 15.1. The molecule has 0 aliphatic carbocycles. The summed E-state index contributed by atoms with van der Waals surface area (Å²) in [6, 6.07) is 1.77.